The molecule has 0 saturated carbocycles. The van der Waals surface area contributed by atoms with Crippen molar-refractivity contribution in [1.82, 2.24) is 14.9 Å². The molecule has 1 amide bonds. The number of aryl methyl sites for hydroxylation is 2. The number of hydrogen-bond donors (Lipinski definition) is 1. The van der Waals surface area contributed by atoms with Gasteiger partial charge in [-0.1, -0.05) is 48.2 Å². The number of nitrogens with zero attached hydrogens (tertiary/aromatic N) is 2. The molecule has 5 nitrogen and oxygen atoms in total. The SMILES string of the molecule is CCn1c(=O)c(SCC(=O)NCc2ccccc2C)nc2ccccc21. The Hall–Kier alpha value is -2.60. The monoisotopic (exact) mass is 367 g/mol. The lowest BCUT2D eigenvalue weighted by Crippen LogP contribution is -2.27. The molecule has 0 spiro atoms. The lowest BCUT2D eigenvalue weighted by molar-refractivity contribution is -0.118. The van der Waals surface area contributed by atoms with Gasteiger partial charge in [0.25, 0.3) is 5.56 Å². The van der Waals surface area contributed by atoms with Gasteiger partial charge in [-0.05, 0) is 37.1 Å². The highest BCUT2D eigenvalue weighted by Gasteiger charge is 2.12. The summed E-state index contributed by atoms with van der Waals surface area (Å²) in [5.74, 6) is 0.0477. The van der Waals surface area contributed by atoms with Gasteiger partial charge in [0, 0.05) is 13.1 Å². The van der Waals surface area contributed by atoms with Crippen LogP contribution in [0.1, 0.15) is 18.1 Å². The molecule has 0 unspecified atom stereocenters. The van der Waals surface area contributed by atoms with Gasteiger partial charge in [-0.15, -0.1) is 0 Å². The Morgan fingerprint density at radius 3 is 2.65 bits per heavy atom. The third kappa shape index (κ3) is 3.96. The number of amides is 1. The van der Waals surface area contributed by atoms with Crippen molar-refractivity contribution in [1.29, 1.82) is 0 Å². The Morgan fingerprint density at radius 1 is 1.15 bits per heavy atom. The van der Waals surface area contributed by atoms with E-state index in [1.165, 1.54) is 11.8 Å². The highest BCUT2D eigenvalue weighted by Crippen LogP contribution is 2.16. The molecule has 0 aliphatic carbocycles. The van der Waals surface area contributed by atoms with Gasteiger partial charge in [0.2, 0.25) is 5.91 Å². The van der Waals surface area contributed by atoms with Crippen LogP contribution in [0, 0.1) is 6.92 Å². The number of aromatic nitrogens is 2. The highest BCUT2D eigenvalue weighted by molar-refractivity contribution is 7.99. The molecule has 26 heavy (non-hydrogen) atoms. The molecule has 1 heterocycles. The topological polar surface area (TPSA) is 64.0 Å². The molecular weight excluding hydrogens is 346 g/mol. The largest absolute Gasteiger partial charge is 0.351 e. The first-order valence-corrected chi connectivity index (χ1v) is 9.52. The number of carbonyl (C=O) groups excluding carboxylic acids is 1. The molecule has 0 radical (unpaired) electrons. The first-order chi connectivity index (χ1) is 12.6. The Balaban J connectivity index is 1.69. The molecule has 3 rings (SSSR count). The zero-order chi connectivity index (χ0) is 18.5. The molecule has 0 aliphatic rings. The molecule has 6 heteroatoms. The van der Waals surface area contributed by atoms with E-state index in [4.69, 9.17) is 0 Å². The summed E-state index contributed by atoms with van der Waals surface area (Å²) in [5, 5.41) is 3.26. The minimum atomic E-state index is -0.150. The van der Waals surface area contributed by atoms with Crippen LogP contribution in [0.5, 0.6) is 0 Å². The normalized spacial score (nSPS) is 10.8. The summed E-state index contributed by atoms with van der Waals surface area (Å²) in [4.78, 5) is 29.2. The molecule has 0 bridgehead atoms. The van der Waals surface area contributed by atoms with E-state index in [1.54, 1.807) is 4.57 Å². The predicted molar refractivity (Wildman–Crippen MR) is 105 cm³/mol. The van der Waals surface area contributed by atoms with Gasteiger partial charge in [-0.2, -0.15) is 0 Å². The highest BCUT2D eigenvalue weighted by atomic mass is 32.2. The van der Waals surface area contributed by atoms with E-state index in [1.807, 2.05) is 62.4 Å². The fraction of sp³-hybridized carbons (Fsp3) is 0.250. The number of thioether (sulfide) groups is 1. The van der Waals surface area contributed by atoms with E-state index in [9.17, 15) is 9.59 Å². The first kappa shape index (κ1) is 18.2. The summed E-state index contributed by atoms with van der Waals surface area (Å²) in [6.07, 6.45) is 0. The van der Waals surface area contributed by atoms with Gasteiger partial charge < -0.3 is 9.88 Å². The summed E-state index contributed by atoms with van der Waals surface area (Å²) >= 11 is 1.18. The molecular formula is C20H21N3O2S. The molecule has 1 N–H and O–H groups in total. The van der Waals surface area contributed by atoms with Crippen molar-refractivity contribution in [2.75, 3.05) is 5.75 Å². The van der Waals surface area contributed by atoms with E-state index >= 15 is 0 Å². The third-order valence-electron chi connectivity index (χ3n) is 4.22. The van der Waals surface area contributed by atoms with Gasteiger partial charge >= 0.3 is 0 Å². The van der Waals surface area contributed by atoms with E-state index in [0.29, 0.717) is 18.1 Å². The van der Waals surface area contributed by atoms with E-state index in [2.05, 4.69) is 10.3 Å². The fourth-order valence-electron chi connectivity index (χ4n) is 2.76. The van der Waals surface area contributed by atoms with Crippen LogP contribution >= 0.6 is 11.8 Å². The zero-order valence-electron chi connectivity index (χ0n) is 14.9. The van der Waals surface area contributed by atoms with Crippen molar-refractivity contribution in [2.45, 2.75) is 32.0 Å². The average molecular weight is 367 g/mol. The summed E-state index contributed by atoms with van der Waals surface area (Å²) in [6.45, 7) is 4.99. The molecule has 134 valence electrons. The van der Waals surface area contributed by atoms with Crippen LogP contribution < -0.4 is 10.9 Å². The molecule has 0 aliphatic heterocycles. The lowest BCUT2D eigenvalue weighted by Gasteiger charge is -2.10. The second kappa shape index (κ2) is 8.19. The van der Waals surface area contributed by atoms with Crippen LogP contribution in [-0.4, -0.2) is 21.2 Å². The van der Waals surface area contributed by atoms with Gasteiger partial charge in [0.05, 0.1) is 16.8 Å². The summed E-state index contributed by atoms with van der Waals surface area (Å²) in [6, 6.07) is 15.5. The van der Waals surface area contributed by atoms with Crippen LogP contribution in [0.25, 0.3) is 11.0 Å². The van der Waals surface area contributed by atoms with Crippen molar-refractivity contribution >= 4 is 28.7 Å². The Labute approximate surface area is 156 Å². The predicted octanol–water partition coefficient (Wildman–Crippen LogP) is 3.13. The van der Waals surface area contributed by atoms with Crippen LogP contribution in [0.2, 0.25) is 0 Å². The van der Waals surface area contributed by atoms with Crippen molar-refractivity contribution in [3.8, 4) is 0 Å². The smallest absolute Gasteiger partial charge is 0.283 e. The minimum absolute atomic E-state index is 0.115. The summed E-state index contributed by atoms with van der Waals surface area (Å²) < 4.78 is 1.69. The summed E-state index contributed by atoms with van der Waals surface area (Å²) in [7, 11) is 0. The maximum atomic E-state index is 12.6. The molecule has 1 aromatic heterocycles. The molecule has 0 atom stereocenters. The fourth-order valence-corrected chi connectivity index (χ4v) is 3.53. The van der Waals surface area contributed by atoms with Gasteiger partial charge in [-0.25, -0.2) is 4.98 Å². The second-order valence-corrected chi connectivity index (χ2v) is 6.91. The third-order valence-corrected chi connectivity index (χ3v) is 5.16. The van der Waals surface area contributed by atoms with Crippen molar-refractivity contribution in [3.63, 3.8) is 0 Å². The Morgan fingerprint density at radius 2 is 1.88 bits per heavy atom. The maximum absolute atomic E-state index is 12.6. The number of para-hydroxylation sites is 2. The van der Waals surface area contributed by atoms with Crippen molar-refractivity contribution < 1.29 is 4.79 Å². The number of carbonyl (C=O) groups is 1. The number of fused-ring (bicyclic) bond motifs is 1. The number of hydrogen-bond acceptors (Lipinski definition) is 4. The van der Waals surface area contributed by atoms with Crippen molar-refractivity contribution in [3.05, 3.63) is 70.0 Å². The van der Waals surface area contributed by atoms with E-state index in [-0.39, 0.29) is 17.2 Å². The second-order valence-electron chi connectivity index (χ2n) is 5.95. The number of nitrogens with one attached hydrogen (secondary N) is 1. The van der Waals surface area contributed by atoms with Gasteiger partial charge in [0.15, 0.2) is 5.03 Å². The molecule has 3 aromatic rings. The van der Waals surface area contributed by atoms with Gasteiger partial charge in [0.1, 0.15) is 0 Å². The zero-order valence-corrected chi connectivity index (χ0v) is 15.7. The Kier molecular flexibility index (Phi) is 5.73. The quantitative estimate of drug-likeness (QED) is 0.680. The van der Waals surface area contributed by atoms with Gasteiger partial charge in [-0.3, -0.25) is 9.59 Å². The van der Waals surface area contributed by atoms with Crippen LogP contribution in [-0.2, 0) is 17.9 Å². The van der Waals surface area contributed by atoms with E-state index in [0.717, 1.165) is 22.2 Å². The first-order valence-electron chi connectivity index (χ1n) is 8.53. The molecule has 0 fully saturated rings. The molecule has 0 saturated heterocycles. The molecule has 2 aromatic carbocycles. The van der Waals surface area contributed by atoms with Crippen LogP contribution in [0.15, 0.2) is 58.4 Å². The number of benzene rings is 2. The minimum Gasteiger partial charge on any atom is -0.351 e. The van der Waals surface area contributed by atoms with Crippen LogP contribution in [0.4, 0.5) is 0 Å². The lowest BCUT2D eigenvalue weighted by atomic mass is 10.1. The van der Waals surface area contributed by atoms with E-state index < -0.39 is 0 Å². The van der Waals surface area contributed by atoms with Crippen molar-refractivity contribution in [2.24, 2.45) is 0 Å². The summed E-state index contributed by atoms with van der Waals surface area (Å²) in [5.41, 5.74) is 3.65. The average Bonchev–Trinajstić information content (AvgIpc) is 2.66. The number of rotatable bonds is 6. The van der Waals surface area contributed by atoms with Crippen LogP contribution in [0.3, 0.4) is 0 Å². The Bertz CT molecular complexity index is 998. The standard InChI is InChI=1S/C20H21N3O2S/c1-3-23-17-11-7-6-10-16(17)22-19(20(23)25)26-13-18(24)21-12-15-9-5-4-8-14(15)2/h4-11H,3,12-13H2,1-2H3,(H,21,24). The maximum Gasteiger partial charge on any atom is 0.283 e.